The molecule has 0 bridgehead atoms. The fraction of sp³-hybridized carbons (Fsp3) is 0.485. The standard InChI is InChI=1S/C33H39F6N5O3/c1-23(41-47-16-13-42-11-14-46-15-12-42)5-4-8-43-9-10-44(28(22-43)19-25-21-40-30-7-3-2-6-29(25)30)31(45)24-17-26(32(34,35)36)20-27(18-24)33(37,38)39/h2-3,5-7,17-18,20-21,28,40-41H,4,8-16,19,22H2,1H3/t28-/m1/s1. The van der Waals surface area contributed by atoms with Crippen LogP contribution in [0.5, 0.6) is 0 Å². The number of hydroxylamine groups is 1. The van der Waals surface area contributed by atoms with Gasteiger partial charge in [0.05, 0.1) is 30.9 Å². The van der Waals surface area contributed by atoms with Gasteiger partial charge in [0.15, 0.2) is 0 Å². The van der Waals surface area contributed by atoms with Crippen molar-refractivity contribution < 1.29 is 40.7 Å². The van der Waals surface area contributed by atoms with E-state index in [0.717, 1.165) is 55.0 Å². The number of halogens is 6. The number of H-pyrrole nitrogens is 1. The van der Waals surface area contributed by atoms with Crippen molar-refractivity contribution in [1.29, 1.82) is 0 Å². The van der Waals surface area contributed by atoms with Crippen LogP contribution in [0, 0.1) is 0 Å². The minimum absolute atomic E-state index is 0.0394. The Kier molecular flexibility index (Phi) is 11.2. The van der Waals surface area contributed by atoms with Gasteiger partial charge in [-0.2, -0.15) is 26.3 Å². The Morgan fingerprint density at radius 2 is 1.68 bits per heavy atom. The van der Waals surface area contributed by atoms with Gasteiger partial charge in [0, 0.05) is 80.2 Å². The van der Waals surface area contributed by atoms with Crippen LogP contribution < -0.4 is 5.48 Å². The Hall–Kier alpha value is -3.59. The van der Waals surface area contributed by atoms with Gasteiger partial charge in [-0.25, -0.2) is 0 Å². The Balaban J connectivity index is 1.27. The predicted octanol–water partition coefficient (Wildman–Crippen LogP) is 5.72. The number of aromatic amines is 1. The number of amides is 1. The summed E-state index contributed by atoms with van der Waals surface area (Å²) in [5.41, 5.74) is 1.94. The third kappa shape index (κ3) is 9.28. The SMILES string of the molecule is CC(=CCCN1CCN(C(=O)c2cc(C(F)(F)F)cc(C(F)(F)F)c2)[C@H](Cc2c[nH]c3ccccc23)C1)NOCCN1CCOCC1. The van der Waals surface area contributed by atoms with Crippen LogP contribution in [0.4, 0.5) is 26.3 Å². The molecule has 14 heteroatoms. The van der Waals surface area contributed by atoms with Crippen molar-refractivity contribution in [2.45, 2.75) is 38.2 Å². The van der Waals surface area contributed by atoms with E-state index >= 15 is 0 Å². The van der Waals surface area contributed by atoms with Crippen LogP contribution in [0.2, 0.25) is 0 Å². The molecule has 5 rings (SSSR count). The van der Waals surface area contributed by atoms with Crippen molar-refractivity contribution in [3.63, 3.8) is 0 Å². The van der Waals surface area contributed by atoms with Crippen molar-refractivity contribution >= 4 is 16.8 Å². The van der Waals surface area contributed by atoms with Crippen LogP contribution >= 0.6 is 0 Å². The van der Waals surface area contributed by atoms with E-state index in [-0.39, 0.29) is 12.6 Å². The second kappa shape index (κ2) is 15.1. The molecule has 2 N–H and O–H groups in total. The summed E-state index contributed by atoms with van der Waals surface area (Å²) in [5, 5.41) is 0.939. The molecule has 0 saturated carbocycles. The third-order valence-corrected chi connectivity index (χ3v) is 8.54. The number of carbonyl (C=O) groups excluding carboxylic acids is 1. The zero-order valence-electron chi connectivity index (χ0n) is 26.1. The molecule has 2 fully saturated rings. The number of piperazine rings is 1. The highest BCUT2D eigenvalue weighted by atomic mass is 19.4. The second-order valence-electron chi connectivity index (χ2n) is 11.9. The number of aromatic nitrogens is 1. The topological polar surface area (TPSA) is 73.1 Å². The number of nitrogens with one attached hydrogen (secondary N) is 2. The Morgan fingerprint density at radius 1 is 0.979 bits per heavy atom. The molecular weight excluding hydrogens is 628 g/mol. The number of morpholine rings is 1. The lowest BCUT2D eigenvalue weighted by Crippen LogP contribution is -2.56. The summed E-state index contributed by atoms with van der Waals surface area (Å²) >= 11 is 0. The van der Waals surface area contributed by atoms with E-state index in [4.69, 9.17) is 9.57 Å². The average Bonchev–Trinajstić information content (AvgIpc) is 3.45. The van der Waals surface area contributed by atoms with Gasteiger partial charge in [-0.3, -0.25) is 24.9 Å². The molecule has 0 aliphatic carbocycles. The van der Waals surface area contributed by atoms with Gasteiger partial charge >= 0.3 is 12.4 Å². The lowest BCUT2D eigenvalue weighted by atomic mass is 9.98. The fourth-order valence-electron chi connectivity index (χ4n) is 6.03. The third-order valence-electron chi connectivity index (χ3n) is 8.54. The number of rotatable bonds is 11. The van der Waals surface area contributed by atoms with E-state index in [2.05, 4.69) is 20.3 Å². The predicted molar refractivity (Wildman–Crippen MR) is 164 cm³/mol. The van der Waals surface area contributed by atoms with Gasteiger partial charge in [-0.15, -0.1) is 0 Å². The second-order valence-corrected chi connectivity index (χ2v) is 11.9. The van der Waals surface area contributed by atoms with Crippen LogP contribution in [-0.2, 0) is 28.3 Å². The number of fused-ring (bicyclic) bond motifs is 1. The smallest absolute Gasteiger partial charge is 0.379 e. The van der Waals surface area contributed by atoms with Gasteiger partial charge in [-0.1, -0.05) is 24.3 Å². The molecule has 0 unspecified atom stereocenters. The first-order chi connectivity index (χ1) is 22.4. The molecule has 2 aliphatic rings. The van der Waals surface area contributed by atoms with Gasteiger partial charge < -0.3 is 14.6 Å². The lowest BCUT2D eigenvalue weighted by molar-refractivity contribution is -0.143. The van der Waals surface area contributed by atoms with Gasteiger partial charge in [0.1, 0.15) is 0 Å². The molecule has 8 nitrogen and oxygen atoms in total. The first-order valence-corrected chi connectivity index (χ1v) is 15.6. The summed E-state index contributed by atoms with van der Waals surface area (Å²) in [6, 6.07) is 8.17. The molecule has 47 heavy (non-hydrogen) atoms. The highest BCUT2D eigenvalue weighted by Gasteiger charge is 2.39. The van der Waals surface area contributed by atoms with Crippen LogP contribution in [-0.4, -0.2) is 97.3 Å². The summed E-state index contributed by atoms with van der Waals surface area (Å²) in [6.45, 7) is 8.02. The first-order valence-electron chi connectivity index (χ1n) is 15.6. The average molecular weight is 668 g/mol. The van der Waals surface area contributed by atoms with Gasteiger partial charge in [0.2, 0.25) is 0 Å². The summed E-state index contributed by atoms with van der Waals surface area (Å²) in [4.78, 5) is 28.3. The van der Waals surface area contributed by atoms with Crippen molar-refractivity contribution in [2.75, 3.05) is 65.6 Å². The summed E-state index contributed by atoms with van der Waals surface area (Å²) in [7, 11) is 0. The van der Waals surface area contributed by atoms with Crippen molar-refractivity contribution in [2.24, 2.45) is 0 Å². The lowest BCUT2D eigenvalue weighted by Gasteiger charge is -2.41. The van der Waals surface area contributed by atoms with Gasteiger partial charge in [-0.05, 0) is 49.6 Å². The minimum atomic E-state index is -5.05. The molecule has 2 aliphatic heterocycles. The van der Waals surface area contributed by atoms with Crippen LogP contribution in [0.15, 0.2) is 60.4 Å². The van der Waals surface area contributed by atoms with Crippen molar-refractivity contribution in [3.05, 3.63) is 82.7 Å². The normalized spacial score (nSPS) is 19.0. The van der Waals surface area contributed by atoms with E-state index in [1.54, 1.807) is 0 Å². The number of benzene rings is 2. The highest BCUT2D eigenvalue weighted by molar-refractivity contribution is 5.95. The molecule has 1 amide bonds. The molecule has 256 valence electrons. The maximum absolute atomic E-state index is 13.7. The number of carbonyl (C=O) groups is 1. The number of para-hydroxylation sites is 1. The van der Waals surface area contributed by atoms with E-state index < -0.39 is 41.0 Å². The number of nitrogens with zero attached hydrogens (tertiary/aromatic N) is 3. The van der Waals surface area contributed by atoms with Crippen molar-refractivity contribution in [1.82, 2.24) is 25.2 Å². The van der Waals surface area contributed by atoms with E-state index in [0.29, 0.717) is 51.2 Å². The Morgan fingerprint density at radius 3 is 2.38 bits per heavy atom. The molecule has 1 aromatic heterocycles. The molecule has 2 aromatic carbocycles. The van der Waals surface area contributed by atoms with Crippen molar-refractivity contribution in [3.8, 4) is 0 Å². The van der Waals surface area contributed by atoms with Crippen LogP contribution in [0.3, 0.4) is 0 Å². The zero-order chi connectivity index (χ0) is 33.6. The van der Waals surface area contributed by atoms with E-state index in [1.807, 2.05) is 43.5 Å². The molecular formula is C33H39F6N5O3. The number of ether oxygens (including phenoxy) is 1. The number of allylic oxidation sites excluding steroid dienone is 1. The summed E-state index contributed by atoms with van der Waals surface area (Å²) in [6.07, 6.45) is -5.23. The Bertz CT molecular complexity index is 1500. The Labute approximate surface area is 269 Å². The molecule has 3 aromatic rings. The molecule has 0 spiro atoms. The van der Waals surface area contributed by atoms with E-state index in [1.165, 1.54) is 4.90 Å². The summed E-state index contributed by atoms with van der Waals surface area (Å²) < 4.78 is 86.9. The number of hydrogen-bond acceptors (Lipinski definition) is 6. The van der Waals surface area contributed by atoms with Crippen LogP contribution in [0.1, 0.15) is 40.4 Å². The first kappa shape index (κ1) is 34.7. The molecule has 0 radical (unpaired) electrons. The largest absolute Gasteiger partial charge is 0.416 e. The fourth-order valence-corrected chi connectivity index (χ4v) is 6.03. The molecule has 3 heterocycles. The number of hydrogen-bond donors (Lipinski definition) is 2. The monoisotopic (exact) mass is 667 g/mol. The quantitative estimate of drug-likeness (QED) is 0.155. The van der Waals surface area contributed by atoms with Gasteiger partial charge in [0.25, 0.3) is 5.91 Å². The van der Waals surface area contributed by atoms with E-state index in [9.17, 15) is 31.1 Å². The molecule has 2 saturated heterocycles. The maximum atomic E-state index is 13.7. The number of alkyl halides is 6. The maximum Gasteiger partial charge on any atom is 0.416 e. The molecule has 1 atom stereocenters. The highest BCUT2D eigenvalue weighted by Crippen LogP contribution is 2.37. The minimum Gasteiger partial charge on any atom is -0.379 e. The summed E-state index contributed by atoms with van der Waals surface area (Å²) in [5.74, 6) is -0.861. The zero-order valence-corrected chi connectivity index (χ0v) is 26.1. The van der Waals surface area contributed by atoms with Crippen LogP contribution in [0.25, 0.3) is 10.9 Å².